The third-order valence-electron chi connectivity index (χ3n) is 5.54. The molecule has 0 fully saturated rings. The van der Waals surface area contributed by atoms with Gasteiger partial charge < -0.3 is 43.2 Å². The molecule has 1 aromatic heterocycles. The zero-order valence-electron chi connectivity index (χ0n) is 20.0. The largest absolute Gasteiger partial charge is 0.480 e. The SMILES string of the molecule is NCC(=O)NC(CCC(N)=O)C(=O)NC(Cc1c[nH]c2ccccc12)C(=O)NC(CCC(N)=O)C(=O)O. The summed E-state index contributed by atoms with van der Waals surface area (Å²) >= 11 is 0. The normalized spacial score (nSPS) is 13.2. The molecule has 1 heterocycles. The van der Waals surface area contributed by atoms with Gasteiger partial charge in [-0.3, -0.25) is 24.0 Å². The molecule has 37 heavy (non-hydrogen) atoms. The van der Waals surface area contributed by atoms with Gasteiger partial charge in [-0.25, -0.2) is 4.79 Å². The van der Waals surface area contributed by atoms with Crippen LogP contribution in [0.3, 0.4) is 0 Å². The van der Waals surface area contributed by atoms with E-state index >= 15 is 0 Å². The number of amides is 5. The first-order valence-electron chi connectivity index (χ1n) is 11.5. The third-order valence-corrected chi connectivity index (χ3v) is 5.54. The van der Waals surface area contributed by atoms with E-state index in [0.717, 1.165) is 10.9 Å². The number of carboxylic acids is 1. The Balaban J connectivity index is 2.31. The minimum atomic E-state index is -1.44. The lowest BCUT2D eigenvalue weighted by atomic mass is 10.0. The molecule has 2 aromatic rings. The quantitative estimate of drug-likeness (QED) is 0.128. The second-order valence-corrected chi connectivity index (χ2v) is 8.36. The molecule has 11 N–H and O–H groups in total. The van der Waals surface area contributed by atoms with Gasteiger partial charge >= 0.3 is 5.97 Å². The summed E-state index contributed by atoms with van der Waals surface area (Å²) in [5.41, 5.74) is 17.0. The summed E-state index contributed by atoms with van der Waals surface area (Å²) in [4.78, 5) is 75.1. The fourth-order valence-electron chi connectivity index (χ4n) is 3.63. The van der Waals surface area contributed by atoms with Crippen LogP contribution in [0.25, 0.3) is 10.9 Å². The lowest BCUT2D eigenvalue weighted by Crippen LogP contribution is -2.57. The van der Waals surface area contributed by atoms with Crippen molar-refractivity contribution in [1.29, 1.82) is 0 Å². The highest BCUT2D eigenvalue weighted by Gasteiger charge is 2.30. The number of nitrogens with one attached hydrogen (secondary N) is 4. The fourth-order valence-corrected chi connectivity index (χ4v) is 3.63. The molecular weight excluding hydrogens is 486 g/mol. The molecule has 0 aliphatic heterocycles. The highest BCUT2D eigenvalue weighted by atomic mass is 16.4. The summed E-state index contributed by atoms with van der Waals surface area (Å²) < 4.78 is 0. The van der Waals surface area contributed by atoms with E-state index in [0.29, 0.717) is 5.56 Å². The van der Waals surface area contributed by atoms with Crippen LogP contribution < -0.4 is 33.2 Å². The summed E-state index contributed by atoms with van der Waals surface area (Å²) in [6.45, 7) is -0.417. The van der Waals surface area contributed by atoms with Crippen molar-refractivity contribution in [3.05, 3.63) is 36.0 Å². The van der Waals surface area contributed by atoms with Gasteiger partial charge in [0.05, 0.1) is 6.54 Å². The van der Waals surface area contributed by atoms with Gasteiger partial charge in [-0.05, 0) is 24.5 Å². The lowest BCUT2D eigenvalue weighted by Gasteiger charge is -2.24. The van der Waals surface area contributed by atoms with Crippen molar-refractivity contribution >= 4 is 46.4 Å². The van der Waals surface area contributed by atoms with E-state index in [-0.39, 0.29) is 32.1 Å². The van der Waals surface area contributed by atoms with Crippen molar-refractivity contribution in [2.24, 2.45) is 17.2 Å². The maximum atomic E-state index is 13.2. The van der Waals surface area contributed by atoms with Crippen molar-refractivity contribution in [2.45, 2.75) is 50.2 Å². The number of primary amides is 2. The highest BCUT2D eigenvalue weighted by molar-refractivity contribution is 5.94. The average Bonchev–Trinajstić information content (AvgIpc) is 3.25. The first kappa shape index (κ1) is 28.8. The molecule has 14 heteroatoms. The maximum Gasteiger partial charge on any atom is 0.326 e. The van der Waals surface area contributed by atoms with Gasteiger partial charge in [-0.15, -0.1) is 0 Å². The molecule has 3 atom stereocenters. The number of para-hydroxylation sites is 1. The van der Waals surface area contributed by atoms with Gasteiger partial charge in [0.1, 0.15) is 18.1 Å². The molecule has 2 rings (SSSR count). The predicted molar refractivity (Wildman–Crippen MR) is 131 cm³/mol. The van der Waals surface area contributed by atoms with Crippen LogP contribution in [0.15, 0.2) is 30.5 Å². The standard InChI is InChI=1S/C23H31N7O7/c24-10-20(33)28-15(5-7-18(25)31)21(34)30-17(9-12-11-27-14-4-2-1-3-13(12)14)22(35)29-16(23(36)37)6-8-19(26)32/h1-4,11,15-17,27H,5-10,24H2,(H2,25,31)(H2,26,32)(H,28,33)(H,29,35)(H,30,34)(H,36,37). The molecule has 0 aliphatic rings. The Morgan fingerprint density at radius 1 is 0.838 bits per heavy atom. The summed E-state index contributed by atoms with van der Waals surface area (Å²) in [7, 11) is 0. The number of carboxylic acid groups (broad SMARTS) is 1. The van der Waals surface area contributed by atoms with Crippen molar-refractivity contribution in [1.82, 2.24) is 20.9 Å². The van der Waals surface area contributed by atoms with Gasteiger partial charge in [-0.1, -0.05) is 18.2 Å². The van der Waals surface area contributed by atoms with E-state index in [4.69, 9.17) is 17.2 Å². The van der Waals surface area contributed by atoms with E-state index in [1.807, 2.05) is 18.2 Å². The third kappa shape index (κ3) is 8.92. The van der Waals surface area contributed by atoms with E-state index in [9.17, 15) is 33.9 Å². The molecule has 0 radical (unpaired) electrons. The number of carbonyl (C=O) groups is 6. The fraction of sp³-hybridized carbons (Fsp3) is 0.391. The molecule has 1 aromatic carbocycles. The predicted octanol–water partition coefficient (Wildman–Crippen LogP) is -2.26. The van der Waals surface area contributed by atoms with Crippen molar-refractivity contribution in [3.8, 4) is 0 Å². The van der Waals surface area contributed by atoms with E-state index < -0.39 is 60.2 Å². The molecule has 0 spiro atoms. The molecular formula is C23H31N7O7. The number of fused-ring (bicyclic) bond motifs is 1. The van der Waals surface area contributed by atoms with E-state index in [1.165, 1.54) is 0 Å². The average molecular weight is 518 g/mol. The second-order valence-electron chi connectivity index (χ2n) is 8.36. The van der Waals surface area contributed by atoms with Gasteiger partial charge in [0.2, 0.25) is 29.5 Å². The Morgan fingerprint density at radius 2 is 1.41 bits per heavy atom. The van der Waals surface area contributed by atoms with Crippen LogP contribution in [0, 0.1) is 0 Å². The number of benzene rings is 1. The van der Waals surface area contributed by atoms with Crippen LogP contribution in [0.2, 0.25) is 0 Å². The van der Waals surface area contributed by atoms with Crippen LogP contribution in [-0.4, -0.2) is 70.3 Å². The summed E-state index contributed by atoms with van der Waals surface area (Å²) in [6, 6.07) is 3.28. The number of hydrogen-bond acceptors (Lipinski definition) is 7. The number of aliphatic carboxylic acids is 1. The van der Waals surface area contributed by atoms with Crippen molar-refractivity contribution in [3.63, 3.8) is 0 Å². The molecule has 0 saturated heterocycles. The number of aromatic nitrogens is 1. The first-order valence-corrected chi connectivity index (χ1v) is 11.5. The van der Waals surface area contributed by atoms with Crippen molar-refractivity contribution < 1.29 is 33.9 Å². The van der Waals surface area contributed by atoms with Crippen LogP contribution in [0.5, 0.6) is 0 Å². The van der Waals surface area contributed by atoms with Crippen molar-refractivity contribution in [2.75, 3.05) is 6.54 Å². The van der Waals surface area contributed by atoms with E-state index in [1.54, 1.807) is 12.3 Å². The van der Waals surface area contributed by atoms with Crippen LogP contribution in [0.1, 0.15) is 31.2 Å². The summed E-state index contributed by atoms with van der Waals surface area (Å²) in [6.07, 6.45) is 0.701. The highest BCUT2D eigenvalue weighted by Crippen LogP contribution is 2.19. The minimum Gasteiger partial charge on any atom is -0.480 e. The van der Waals surface area contributed by atoms with Gasteiger partial charge in [-0.2, -0.15) is 0 Å². The van der Waals surface area contributed by atoms with Gasteiger partial charge in [0.25, 0.3) is 0 Å². The smallest absolute Gasteiger partial charge is 0.326 e. The van der Waals surface area contributed by atoms with Crippen LogP contribution in [0.4, 0.5) is 0 Å². The molecule has 0 aliphatic carbocycles. The minimum absolute atomic E-state index is 0.0445. The van der Waals surface area contributed by atoms with Gasteiger partial charge in [0.15, 0.2) is 0 Å². The van der Waals surface area contributed by atoms with Gasteiger partial charge in [0, 0.05) is 36.4 Å². The molecule has 14 nitrogen and oxygen atoms in total. The maximum absolute atomic E-state index is 13.2. The first-order chi connectivity index (χ1) is 17.5. The van der Waals surface area contributed by atoms with Crippen LogP contribution >= 0.6 is 0 Å². The monoisotopic (exact) mass is 517 g/mol. The lowest BCUT2D eigenvalue weighted by molar-refractivity contribution is -0.142. The molecule has 0 saturated carbocycles. The topological polar surface area (TPSA) is 253 Å². The number of rotatable bonds is 15. The number of aromatic amines is 1. The Morgan fingerprint density at radius 3 is 2.00 bits per heavy atom. The van der Waals surface area contributed by atoms with Crippen LogP contribution in [-0.2, 0) is 35.2 Å². The zero-order valence-corrected chi connectivity index (χ0v) is 20.0. The zero-order chi connectivity index (χ0) is 27.5. The molecule has 3 unspecified atom stereocenters. The number of H-pyrrole nitrogens is 1. The Kier molecular flexibility index (Phi) is 10.6. The molecule has 200 valence electrons. The number of carbonyl (C=O) groups excluding carboxylic acids is 5. The Labute approximate surface area is 211 Å². The molecule has 0 bridgehead atoms. The Hall–Kier alpha value is -4.46. The number of nitrogens with two attached hydrogens (primary N) is 3. The summed E-state index contributed by atoms with van der Waals surface area (Å²) in [5, 5.41) is 17.5. The Bertz CT molecular complexity index is 1160. The van der Waals surface area contributed by atoms with E-state index in [2.05, 4.69) is 20.9 Å². The number of hydrogen-bond donors (Lipinski definition) is 8. The molecule has 5 amide bonds. The summed E-state index contributed by atoms with van der Waals surface area (Å²) in [5.74, 6) is -5.13. The second kappa shape index (κ2) is 13.6.